The molecule has 0 bridgehead atoms. The van der Waals surface area contributed by atoms with Gasteiger partial charge in [0.25, 0.3) is 0 Å². The minimum absolute atomic E-state index is 0.0340. The predicted octanol–water partition coefficient (Wildman–Crippen LogP) is 4.70. The van der Waals surface area contributed by atoms with Crippen LogP contribution < -0.4 is 5.32 Å². The van der Waals surface area contributed by atoms with Gasteiger partial charge in [-0.25, -0.2) is 4.79 Å². The summed E-state index contributed by atoms with van der Waals surface area (Å²) in [6.45, 7) is 6.49. The van der Waals surface area contributed by atoms with Gasteiger partial charge in [0.05, 0.1) is 7.11 Å². The monoisotopic (exact) mass is 385 g/mol. The molecule has 5 atom stereocenters. The molecular weight excluding hydrogens is 350 g/mol. The lowest BCUT2D eigenvalue weighted by Crippen LogP contribution is -2.48. The van der Waals surface area contributed by atoms with Crippen LogP contribution in [0, 0.1) is 22.7 Å². The molecule has 4 aliphatic carbocycles. The average Bonchev–Trinajstić information content (AvgIpc) is 3.07. The highest BCUT2D eigenvalue weighted by Crippen LogP contribution is 2.64. The number of ether oxygens (including phenoxy) is 1. The summed E-state index contributed by atoms with van der Waals surface area (Å²) in [6, 6.07) is -0.615. The van der Waals surface area contributed by atoms with Crippen LogP contribution in [-0.2, 0) is 14.3 Å². The van der Waals surface area contributed by atoms with Gasteiger partial charge in [-0.1, -0.05) is 31.9 Å². The van der Waals surface area contributed by atoms with E-state index in [1.165, 1.54) is 57.6 Å². The third-order valence-corrected chi connectivity index (χ3v) is 8.40. The van der Waals surface area contributed by atoms with Gasteiger partial charge in [-0.3, -0.25) is 4.79 Å². The second-order valence-corrected chi connectivity index (χ2v) is 10.0. The SMILES string of the molecule is COC(=O)[C@H](C)NC(=O)C1=C2[C@@H](CCC3=CCCC[C@@]32C)[C@@H]2CCC[C@@]2(C)C1. The second-order valence-electron chi connectivity index (χ2n) is 10.0. The Morgan fingerprint density at radius 3 is 2.75 bits per heavy atom. The standard InChI is InChI=1S/C24H35NO3/c1-15(22(27)28-4)25-21(26)18-14-23(2)12-7-9-19(23)17-11-10-16-8-5-6-13-24(16,3)20(17)18/h8,15,17,19H,5-7,9-14H2,1-4H3,(H,25,26)/t15-,17-,19-,23-,24-/m0/s1. The molecule has 0 radical (unpaired) electrons. The molecule has 0 heterocycles. The highest BCUT2D eigenvalue weighted by atomic mass is 16.5. The number of allylic oxidation sites excluding steroid dienone is 3. The van der Waals surface area contributed by atoms with Crippen LogP contribution in [0.1, 0.15) is 78.6 Å². The molecule has 4 aliphatic rings. The first-order valence-electron chi connectivity index (χ1n) is 11.1. The van der Waals surface area contributed by atoms with Crippen LogP contribution in [0.3, 0.4) is 0 Å². The maximum atomic E-state index is 13.4. The number of amides is 1. The quantitative estimate of drug-likeness (QED) is 0.566. The van der Waals surface area contributed by atoms with Crippen molar-refractivity contribution >= 4 is 11.9 Å². The largest absolute Gasteiger partial charge is 0.467 e. The van der Waals surface area contributed by atoms with Gasteiger partial charge in [-0.2, -0.15) is 0 Å². The van der Waals surface area contributed by atoms with E-state index in [2.05, 4.69) is 25.2 Å². The first-order chi connectivity index (χ1) is 13.3. The van der Waals surface area contributed by atoms with Crippen molar-refractivity contribution in [1.29, 1.82) is 0 Å². The number of nitrogens with one attached hydrogen (secondary N) is 1. The molecule has 1 N–H and O–H groups in total. The Hall–Kier alpha value is -1.58. The summed E-state index contributed by atoms with van der Waals surface area (Å²) in [6.07, 6.45) is 13.0. The summed E-state index contributed by atoms with van der Waals surface area (Å²) >= 11 is 0. The summed E-state index contributed by atoms with van der Waals surface area (Å²) in [4.78, 5) is 25.3. The van der Waals surface area contributed by atoms with Gasteiger partial charge in [-0.05, 0) is 81.1 Å². The van der Waals surface area contributed by atoms with Crippen molar-refractivity contribution in [2.75, 3.05) is 7.11 Å². The number of hydrogen-bond acceptors (Lipinski definition) is 3. The number of rotatable bonds is 3. The Labute approximate surface area is 169 Å². The third-order valence-electron chi connectivity index (χ3n) is 8.40. The Morgan fingerprint density at radius 2 is 2.00 bits per heavy atom. The topological polar surface area (TPSA) is 55.4 Å². The maximum absolute atomic E-state index is 13.4. The molecule has 2 saturated carbocycles. The highest BCUT2D eigenvalue weighted by molar-refractivity contribution is 5.97. The van der Waals surface area contributed by atoms with E-state index in [-0.39, 0.29) is 22.7 Å². The summed E-state index contributed by atoms with van der Waals surface area (Å²) in [5, 5.41) is 2.95. The lowest BCUT2D eigenvalue weighted by Gasteiger charge is -2.54. The van der Waals surface area contributed by atoms with Crippen LogP contribution in [0.4, 0.5) is 0 Å². The highest BCUT2D eigenvalue weighted by Gasteiger charge is 2.55. The van der Waals surface area contributed by atoms with Crippen molar-refractivity contribution in [3.05, 3.63) is 22.8 Å². The van der Waals surface area contributed by atoms with Crippen molar-refractivity contribution in [3.8, 4) is 0 Å². The molecule has 0 unspecified atom stereocenters. The number of esters is 1. The number of fused-ring (bicyclic) bond motifs is 5. The fourth-order valence-electron chi connectivity index (χ4n) is 7.01. The number of carbonyl (C=O) groups excluding carboxylic acids is 2. The number of carbonyl (C=O) groups is 2. The van der Waals surface area contributed by atoms with Crippen molar-refractivity contribution in [2.24, 2.45) is 22.7 Å². The molecule has 0 aromatic carbocycles. The Bertz CT molecular complexity index is 751. The molecule has 0 aliphatic heterocycles. The molecule has 0 spiro atoms. The Morgan fingerprint density at radius 1 is 1.21 bits per heavy atom. The lowest BCUT2D eigenvalue weighted by molar-refractivity contribution is -0.144. The van der Waals surface area contributed by atoms with Gasteiger partial charge in [0, 0.05) is 11.0 Å². The van der Waals surface area contributed by atoms with Gasteiger partial charge in [-0.15, -0.1) is 0 Å². The molecule has 154 valence electrons. The Balaban J connectivity index is 1.78. The molecule has 2 fully saturated rings. The maximum Gasteiger partial charge on any atom is 0.328 e. The third kappa shape index (κ3) is 2.95. The first kappa shape index (κ1) is 19.7. The number of methoxy groups -OCH3 is 1. The molecular formula is C24H35NO3. The fourth-order valence-corrected chi connectivity index (χ4v) is 7.01. The number of hydrogen-bond donors (Lipinski definition) is 1. The Kier molecular flexibility index (Phi) is 4.96. The molecule has 4 rings (SSSR count). The van der Waals surface area contributed by atoms with Crippen LogP contribution in [0.25, 0.3) is 0 Å². The molecule has 4 heteroatoms. The van der Waals surface area contributed by atoms with Gasteiger partial charge in [0.15, 0.2) is 0 Å². The van der Waals surface area contributed by atoms with Crippen molar-refractivity contribution in [3.63, 3.8) is 0 Å². The second kappa shape index (κ2) is 7.03. The van der Waals surface area contributed by atoms with E-state index in [4.69, 9.17) is 4.74 Å². The molecule has 0 aromatic rings. The van der Waals surface area contributed by atoms with Crippen LogP contribution in [0.5, 0.6) is 0 Å². The van der Waals surface area contributed by atoms with Crippen LogP contribution in [0.2, 0.25) is 0 Å². The van der Waals surface area contributed by atoms with E-state index in [0.717, 1.165) is 18.4 Å². The average molecular weight is 386 g/mol. The van der Waals surface area contributed by atoms with E-state index in [1.807, 2.05) is 0 Å². The van der Waals surface area contributed by atoms with Crippen molar-refractivity contribution in [2.45, 2.75) is 84.6 Å². The molecule has 0 saturated heterocycles. The molecule has 28 heavy (non-hydrogen) atoms. The molecule has 1 amide bonds. The van der Waals surface area contributed by atoms with E-state index >= 15 is 0 Å². The predicted molar refractivity (Wildman–Crippen MR) is 109 cm³/mol. The minimum atomic E-state index is -0.615. The zero-order chi connectivity index (χ0) is 20.1. The summed E-state index contributed by atoms with van der Waals surface area (Å²) in [5.41, 5.74) is 4.21. The normalized spacial score (nSPS) is 37.9. The van der Waals surface area contributed by atoms with Crippen LogP contribution in [0.15, 0.2) is 22.8 Å². The van der Waals surface area contributed by atoms with Crippen molar-refractivity contribution in [1.82, 2.24) is 5.32 Å². The van der Waals surface area contributed by atoms with Gasteiger partial charge in [0.2, 0.25) is 5.91 Å². The summed E-state index contributed by atoms with van der Waals surface area (Å²) in [5.74, 6) is 0.801. The van der Waals surface area contributed by atoms with Crippen LogP contribution in [-0.4, -0.2) is 25.0 Å². The first-order valence-corrected chi connectivity index (χ1v) is 11.1. The molecule has 4 nitrogen and oxygen atoms in total. The summed E-state index contributed by atoms with van der Waals surface area (Å²) < 4.78 is 4.82. The van der Waals surface area contributed by atoms with E-state index < -0.39 is 6.04 Å². The fraction of sp³-hybridized carbons (Fsp3) is 0.750. The summed E-state index contributed by atoms with van der Waals surface area (Å²) in [7, 11) is 1.37. The van der Waals surface area contributed by atoms with E-state index in [1.54, 1.807) is 12.5 Å². The van der Waals surface area contributed by atoms with Crippen LogP contribution >= 0.6 is 0 Å². The molecule has 0 aromatic heterocycles. The smallest absolute Gasteiger partial charge is 0.328 e. The lowest BCUT2D eigenvalue weighted by atomic mass is 9.50. The zero-order valence-electron chi connectivity index (χ0n) is 17.9. The van der Waals surface area contributed by atoms with E-state index in [0.29, 0.717) is 11.8 Å². The van der Waals surface area contributed by atoms with Gasteiger partial charge < -0.3 is 10.1 Å². The van der Waals surface area contributed by atoms with Gasteiger partial charge in [0.1, 0.15) is 6.04 Å². The van der Waals surface area contributed by atoms with Crippen molar-refractivity contribution < 1.29 is 14.3 Å². The minimum Gasteiger partial charge on any atom is -0.467 e. The van der Waals surface area contributed by atoms with E-state index in [9.17, 15) is 9.59 Å². The zero-order valence-corrected chi connectivity index (χ0v) is 17.9. The van der Waals surface area contributed by atoms with Gasteiger partial charge >= 0.3 is 5.97 Å².